The second kappa shape index (κ2) is 8.39. The van der Waals surface area contributed by atoms with E-state index in [0.29, 0.717) is 19.6 Å². The smallest absolute Gasteiger partial charge is 0.303 e. The average molecular weight is 302 g/mol. The van der Waals surface area contributed by atoms with E-state index in [0.717, 1.165) is 29.9 Å². The van der Waals surface area contributed by atoms with E-state index in [1.54, 1.807) is 0 Å². The molecule has 0 aliphatic carbocycles. The number of benzene rings is 1. The van der Waals surface area contributed by atoms with Crippen LogP contribution in [0.5, 0.6) is 0 Å². The van der Waals surface area contributed by atoms with Gasteiger partial charge in [-0.25, -0.2) is 0 Å². The number of aliphatic carboxylic acids is 1. The molecule has 0 atom stereocenters. The van der Waals surface area contributed by atoms with Crippen LogP contribution in [0, 0.1) is 6.92 Å². The number of aryl methyl sites for hydroxylation is 3. The highest BCUT2D eigenvalue weighted by molar-refractivity contribution is 5.66. The fourth-order valence-corrected chi connectivity index (χ4v) is 2.32. The molecule has 0 unspecified atom stereocenters. The summed E-state index contributed by atoms with van der Waals surface area (Å²) in [5.74, 6) is 0.827. The summed E-state index contributed by atoms with van der Waals surface area (Å²) in [5, 5.41) is 8.69. The quantitative estimate of drug-likeness (QED) is 0.717. The van der Waals surface area contributed by atoms with E-state index in [1.165, 1.54) is 5.56 Å². The van der Waals surface area contributed by atoms with Crippen LogP contribution >= 0.6 is 0 Å². The van der Waals surface area contributed by atoms with Crippen molar-refractivity contribution in [3.8, 4) is 0 Å². The van der Waals surface area contributed by atoms with Crippen LogP contribution in [0.2, 0.25) is 0 Å². The van der Waals surface area contributed by atoms with Crippen LogP contribution < -0.4 is 0 Å². The topological polar surface area (TPSA) is 59.7 Å². The van der Waals surface area contributed by atoms with Gasteiger partial charge in [0.2, 0.25) is 0 Å². The van der Waals surface area contributed by atoms with Gasteiger partial charge in [0, 0.05) is 13.0 Å². The zero-order chi connectivity index (χ0) is 15.8. The lowest BCUT2D eigenvalue weighted by Gasteiger charge is -2.04. The Kier molecular flexibility index (Phi) is 6.22. The van der Waals surface area contributed by atoms with Crippen LogP contribution in [-0.2, 0) is 29.0 Å². The first-order valence-electron chi connectivity index (χ1n) is 7.57. The molecule has 0 aliphatic rings. The highest BCUT2D eigenvalue weighted by Gasteiger charge is 2.08. The SMILES string of the molecule is Cc1oc(CCC(=O)O)cc1CCCOCc1ccccc1. The predicted molar refractivity (Wildman–Crippen MR) is 83.8 cm³/mol. The number of hydrogen-bond acceptors (Lipinski definition) is 3. The lowest BCUT2D eigenvalue weighted by molar-refractivity contribution is -0.137. The van der Waals surface area contributed by atoms with Crippen molar-refractivity contribution in [1.29, 1.82) is 0 Å². The van der Waals surface area contributed by atoms with Gasteiger partial charge in [0.1, 0.15) is 11.5 Å². The van der Waals surface area contributed by atoms with Gasteiger partial charge < -0.3 is 14.3 Å². The highest BCUT2D eigenvalue weighted by Crippen LogP contribution is 2.18. The Morgan fingerprint density at radius 3 is 2.73 bits per heavy atom. The molecular formula is C18H22O4. The molecule has 0 bridgehead atoms. The van der Waals surface area contributed by atoms with E-state index >= 15 is 0 Å². The third kappa shape index (κ3) is 5.37. The van der Waals surface area contributed by atoms with Gasteiger partial charge in [0.25, 0.3) is 0 Å². The molecule has 1 heterocycles. The van der Waals surface area contributed by atoms with Crippen LogP contribution in [-0.4, -0.2) is 17.7 Å². The third-order valence-electron chi connectivity index (χ3n) is 3.50. The van der Waals surface area contributed by atoms with Crippen LogP contribution in [0.25, 0.3) is 0 Å². The first-order chi connectivity index (χ1) is 10.6. The molecule has 4 nitrogen and oxygen atoms in total. The number of ether oxygens (including phenoxy) is 1. The van der Waals surface area contributed by atoms with Gasteiger partial charge in [-0.1, -0.05) is 30.3 Å². The van der Waals surface area contributed by atoms with Gasteiger partial charge in [0.05, 0.1) is 13.0 Å². The number of carboxylic acid groups (broad SMARTS) is 1. The third-order valence-corrected chi connectivity index (χ3v) is 3.50. The summed E-state index contributed by atoms with van der Waals surface area (Å²) in [6.07, 6.45) is 2.36. The Bertz CT molecular complexity index is 586. The van der Waals surface area contributed by atoms with Crippen molar-refractivity contribution in [2.75, 3.05) is 6.61 Å². The molecule has 0 spiro atoms. The predicted octanol–water partition coefficient (Wildman–Crippen LogP) is 3.75. The Morgan fingerprint density at radius 2 is 2.00 bits per heavy atom. The zero-order valence-corrected chi connectivity index (χ0v) is 12.9. The standard InChI is InChI=1S/C18H22O4/c1-14-16(12-17(22-14)9-10-18(19)20)8-5-11-21-13-15-6-3-2-4-7-15/h2-4,6-7,12H,5,8-11,13H2,1H3,(H,19,20). The lowest BCUT2D eigenvalue weighted by Crippen LogP contribution is -1.97. The first-order valence-corrected chi connectivity index (χ1v) is 7.57. The van der Waals surface area contributed by atoms with Gasteiger partial charge in [-0.15, -0.1) is 0 Å². The van der Waals surface area contributed by atoms with Crippen molar-refractivity contribution in [2.24, 2.45) is 0 Å². The molecule has 1 aromatic heterocycles. The molecule has 0 saturated carbocycles. The van der Waals surface area contributed by atoms with E-state index in [4.69, 9.17) is 14.3 Å². The minimum atomic E-state index is -0.801. The normalized spacial score (nSPS) is 10.8. The number of hydrogen-bond donors (Lipinski definition) is 1. The van der Waals surface area contributed by atoms with Crippen LogP contribution in [0.1, 0.15) is 35.5 Å². The van der Waals surface area contributed by atoms with Crippen molar-refractivity contribution in [3.63, 3.8) is 0 Å². The fraction of sp³-hybridized carbons (Fsp3) is 0.389. The van der Waals surface area contributed by atoms with Gasteiger partial charge >= 0.3 is 5.97 Å². The summed E-state index contributed by atoms with van der Waals surface area (Å²) in [6.45, 7) is 3.25. The molecule has 22 heavy (non-hydrogen) atoms. The molecular weight excluding hydrogens is 280 g/mol. The summed E-state index contributed by atoms with van der Waals surface area (Å²) in [5.41, 5.74) is 2.32. The van der Waals surface area contributed by atoms with Crippen LogP contribution in [0.4, 0.5) is 0 Å². The molecule has 0 amide bonds. The maximum absolute atomic E-state index is 10.6. The number of rotatable bonds is 9. The van der Waals surface area contributed by atoms with Crippen molar-refractivity contribution in [3.05, 3.63) is 59.0 Å². The molecule has 0 fully saturated rings. The first kappa shape index (κ1) is 16.3. The van der Waals surface area contributed by atoms with E-state index in [9.17, 15) is 4.79 Å². The second-order valence-electron chi connectivity index (χ2n) is 5.33. The monoisotopic (exact) mass is 302 g/mol. The maximum Gasteiger partial charge on any atom is 0.303 e. The number of furan rings is 1. The van der Waals surface area contributed by atoms with Crippen molar-refractivity contribution in [2.45, 2.75) is 39.2 Å². The summed E-state index contributed by atoms with van der Waals surface area (Å²) in [6, 6.07) is 12.1. The molecule has 1 aromatic carbocycles. The van der Waals surface area contributed by atoms with Crippen molar-refractivity contribution < 1.29 is 19.1 Å². The Hall–Kier alpha value is -2.07. The summed E-state index contributed by atoms with van der Waals surface area (Å²) < 4.78 is 11.2. The molecule has 0 aliphatic heterocycles. The van der Waals surface area contributed by atoms with Gasteiger partial charge in [-0.3, -0.25) is 4.79 Å². The average Bonchev–Trinajstić information content (AvgIpc) is 2.86. The van der Waals surface area contributed by atoms with Gasteiger partial charge in [-0.2, -0.15) is 0 Å². The number of carbonyl (C=O) groups is 1. The lowest BCUT2D eigenvalue weighted by atomic mass is 10.1. The van der Waals surface area contributed by atoms with Crippen LogP contribution in [0.15, 0.2) is 40.8 Å². The van der Waals surface area contributed by atoms with Gasteiger partial charge in [-0.05, 0) is 37.0 Å². The maximum atomic E-state index is 10.6. The largest absolute Gasteiger partial charge is 0.481 e. The minimum Gasteiger partial charge on any atom is -0.481 e. The molecule has 4 heteroatoms. The molecule has 2 aromatic rings. The summed E-state index contributed by atoms with van der Waals surface area (Å²) >= 11 is 0. The van der Waals surface area contributed by atoms with Crippen molar-refractivity contribution >= 4 is 5.97 Å². The van der Waals surface area contributed by atoms with E-state index in [2.05, 4.69) is 12.1 Å². The Labute approximate surface area is 130 Å². The fourth-order valence-electron chi connectivity index (χ4n) is 2.32. The Morgan fingerprint density at radius 1 is 1.23 bits per heavy atom. The van der Waals surface area contributed by atoms with E-state index < -0.39 is 5.97 Å². The highest BCUT2D eigenvalue weighted by atomic mass is 16.5. The molecule has 0 saturated heterocycles. The molecule has 118 valence electrons. The number of carboxylic acids is 1. The van der Waals surface area contributed by atoms with Crippen molar-refractivity contribution in [1.82, 2.24) is 0 Å². The molecule has 1 N–H and O–H groups in total. The summed E-state index contributed by atoms with van der Waals surface area (Å²) in [7, 11) is 0. The second-order valence-corrected chi connectivity index (χ2v) is 5.33. The van der Waals surface area contributed by atoms with Gasteiger partial charge in [0.15, 0.2) is 0 Å². The molecule has 2 rings (SSSR count). The minimum absolute atomic E-state index is 0.104. The Balaban J connectivity index is 1.69. The van der Waals surface area contributed by atoms with E-state index in [-0.39, 0.29) is 6.42 Å². The van der Waals surface area contributed by atoms with E-state index in [1.807, 2.05) is 31.2 Å². The summed E-state index contributed by atoms with van der Waals surface area (Å²) in [4.78, 5) is 10.6. The van der Waals surface area contributed by atoms with Crippen LogP contribution in [0.3, 0.4) is 0 Å². The zero-order valence-electron chi connectivity index (χ0n) is 12.9. The molecule has 0 radical (unpaired) electrons.